The van der Waals surface area contributed by atoms with E-state index in [4.69, 9.17) is 0 Å². The molecule has 0 saturated carbocycles. The zero-order valence-electron chi connectivity index (χ0n) is 10.3. The molecule has 0 spiro atoms. The van der Waals surface area contributed by atoms with Crippen molar-refractivity contribution in [1.82, 2.24) is 15.0 Å². The highest BCUT2D eigenvalue weighted by molar-refractivity contribution is 7.98. The number of para-hydroxylation sites is 1. The summed E-state index contributed by atoms with van der Waals surface area (Å²) in [6.07, 6.45) is 2.09. The van der Waals surface area contributed by atoms with Gasteiger partial charge in [-0.1, -0.05) is 23.4 Å². The van der Waals surface area contributed by atoms with E-state index in [1.165, 1.54) is 10.5 Å². The first-order chi connectivity index (χ1) is 8.81. The highest BCUT2D eigenvalue weighted by atomic mass is 32.2. The van der Waals surface area contributed by atoms with Gasteiger partial charge in [-0.05, 0) is 43.0 Å². The molecule has 0 N–H and O–H groups in total. The predicted molar refractivity (Wildman–Crippen MR) is 75.4 cm³/mol. The molecule has 0 bridgehead atoms. The van der Waals surface area contributed by atoms with E-state index in [9.17, 15) is 0 Å². The lowest BCUT2D eigenvalue weighted by molar-refractivity contribution is 0.816. The summed E-state index contributed by atoms with van der Waals surface area (Å²) in [6, 6.07) is 14.3. The zero-order valence-corrected chi connectivity index (χ0v) is 11.1. The lowest BCUT2D eigenvalue weighted by Gasteiger charge is -2.09. The molecule has 18 heavy (non-hydrogen) atoms. The quantitative estimate of drug-likeness (QED) is 0.657. The van der Waals surface area contributed by atoms with Crippen molar-refractivity contribution in [3.05, 3.63) is 48.0 Å². The average Bonchev–Trinajstić information content (AvgIpc) is 2.83. The normalized spacial score (nSPS) is 11.0. The minimum Gasteiger partial charge on any atom is -0.213 e. The zero-order chi connectivity index (χ0) is 12.5. The molecule has 1 aromatic heterocycles. The van der Waals surface area contributed by atoms with E-state index in [1.54, 1.807) is 11.8 Å². The number of rotatable bonds is 2. The van der Waals surface area contributed by atoms with Gasteiger partial charge < -0.3 is 0 Å². The van der Waals surface area contributed by atoms with Crippen LogP contribution in [0, 0.1) is 6.92 Å². The Morgan fingerprint density at radius 1 is 1.06 bits per heavy atom. The van der Waals surface area contributed by atoms with Crippen molar-refractivity contribution in [2.24, 2.45) is 0 Å². The molecule has 3 nitrogen and oxygen atoms in total. The van der Waals surface area contributed by atoms with Crippen LogP contribution in [0.25, 0.3) is 16.7 Å². The van der Waals surface area contributed by atoms with Crippen LogP contribution in [-0.2, 0) is 0 Å². The predicted octanol–water partition coefficient (Wildman–Crippen LogP) is 3.45. The van der Waals surface area contributed by atoms with Crippen molar-refractivity contribution in [1.29, 1.82) is 0 Å². The second kappa shape index (κ2) is 4.46. The van der Waals surface area contributed by atoms with Gasteiger partial charge in [0.05, 0.1) is 11.2 Å². The van der Waals surface area contributed by atoms with Crippen molar-refractivity contribution in [3.63, 3.8) is 0 Å². The summed E-state index contributed by atoms with van der Waals surface area (Å²) in [5.41, 5.74) is 4.29. The van der Waals surface area contributed by atoms with Gasteiger partial charge in [0.25, 0.3) is 0 Å². The Hall–Kier alpha value is -1.81. The standard InChI is InChI=1S/C14H13N3S/c1-10-12(8-5-9-14(10)18-2)17-13-7-4-3-6-11(13)15-16-17/h3-9H,1-2H3. The van der Waals surface area contributed by atoms with Crippen LogP contribution in [0.3, 0.4) is 0 Å². The highest BCUT2D eigenvalue weighted by Gasteiger charge is 2.09. The Bertz CT molecular complexity index is 703. The lowest BCUT2D eigenvalue weighted by atomic mass is 10.2. The van der Waals surface area contributed by atoms with Gasteiger partial charge in [0.15, 0.2) is 0 Å². The van der Waals surface area contributed by atoms with Crippen LogP contribution in [-0.4, -0.2) is 21.2 Å². The number of benzene rings is 2. The van der Waals surface area contributed by atoms with Crippen LogP contribution >= 0.6 is 11.8 Å². The number of thioether (sulfide) groups is 1. The molecule has 90 valence electrons. The Balaban J connectivity index is 2.26. The molecule has 0 aliphatic carbocycles. The first-order valence-electron chi connectivity index (χ1n) is 5.75. The fourth-order valence-electron chi connectivity index (χ4n) is 2.10. The third-order valence-electron chi connectivity index (χ3n) is 3.06. The molecule has 1 heterocycles. The Morgan fingerprint density at radius 2 is 1.89 bits per heavy atom. The van der Waals surface area contributed by atoms with Crippen LogP contribution in [0.1, 0.15) is 5.56 Å². The van der Waals surface area contributed by atoms with E-state index in [2.05, 4.69) is 41.7 Å². The largest absolute Gasteiger partial charge is 0.213 e. The van der Waals surface area contributed by atoms with Gasteiger partial charge in [-0.3, -0.25) is 0 Å². The van der Waals surface area contributed by atoms with Gasteiger partial charge >= 0.3 is 0 Å². The molecule has 0 unspecified atom stereocenters. The molecule has 4 heteroatoms. The lowest BCUT2D eigenvalue weighted by Crippen LogP contribution is -2.00. The molecule has 0 fully saturated rings. The smallest absolute Gasteiger partial charge is 0.113 e. The number of hydrogen-bond donors (Lipinski definition) is 0. The van der Waals surface area contributed by atoms with E-state index in [1.807, 2.05) is 28.9 Å². The SMILES string of the molecule is CSc1cccc(-n2nnc3ccccc32)c1C. The van der Waals surface area contributed by atoms with Gasteiger partial charge in [0, 0.05) is 4.90 Å². The molecule has 0 aliphatic heterocycles. The maximum absolute atomic E-state index is 4.26. The Kier molecular flexibility index (Phi) is 2.80. The molecule has 0 amide bonds. The summed E-state index contributed by atoms with van der Waals surface area (Å²) in [5, 5.41) is 8.46. The van der Waals surface area contributed by atoms with Gasteiger partial charge in [-0.2, -0.15) is 0 Å². The molecule has 0 radical (unpaired) electrons. The summed E-state index contributed by atoms with van der Waals surface area (Å²) < 4.78 is 1.91. The third kappa shape index (κ3) is 1.69. The van der Waals surface area contributed by atoms with Crippen molar-refractivity contribution < 1.29 is 0 Å². The maximum Gasteiger partial charge on any atom is 0.113 e. The number of fused-ring (bicyclic) bond motifs is 1. The summed E-state index contributed by atoms with van der Waals surface area (Å²) in [6.45, 7) is 2.12. The second-order valence-electron chi connectivity index (χ2n) is 4.09. The molecule has 2 aromatic carbocycles. The van der Waals surface area contributed by atoms with Gasteiger partial charge in [0.2, 0.25) is 0 Å². The first kappa shape index (κ1) is 11.3. The van der Waals surface area contributed by atoms with E-state index in [0.717, 1.165) is 16.7 Å². The van der Waals surface area contributed by atoms with Crippen LogP contribution < -0.4 is 0 Å². The van der Waals surface area contributed by atoms with E-state index < -0.39 is 0 Å². The van der Waals surface area contributed by atoms with Crippen molar-refractivity contribution >= 4 is 22.8 Å². The molecule has 0 saturated heterocycles. The summed E-state index contributed by atoms with van der Waals surface area (Å²) in [4.78, 5) is 1.27. The van der Waals surface area contributed by atoms with Gasteiger partial charge in [-0.25, -0.2) is 4.68 Å². The minimum absolute atomic E-state index is 0.923. The van der Waals surface area contributed by atoms with Crippen LogP contribution in [0.15, 0.2) is 47.4 Å². The minimum atomic E-state index is 0.923. The number of nitrogens with zero attached hydrogens (tertiary/aromatic N) is 3. The average molecular weight is 255 g/mol. The monoisotopic (exact) mass is 255 g/mol. The van der Waals surface area contributed by atoms with Crippen molar-refractivity contribution in [2.45, 2.75) is 11.8 Å². The Morgan fingerprint density at radius 3 is 2.72 bits per heavy atom. The van der Waals surface area contributed by atoms with Gasteiger partial charge in [-0.15, -0.1) is 16.9 Å². The van der Waals surface area contributed by atoms with E-state index in [-0.39, 0.29) is 0 Å². The van der Waals surface area contributed by atoms with Crippen LogP contribution in [0.5, 0.6) is 0 Å². The second-order valence-corrected chi connectivity index (χ2v) is 4.94. The fraction of sp³-hybridized carbons (Fsp3) is 0.143. The molecule has 3 aromatic rings. The third-order valence-corrected chi connectivity index (χ3v) is 3.94. The first-order valence-corrected chi connectivity index (χ1v) is 6.98. The number of aromatic nitrogens is 3. The molecule has 3 rings (SSSR count). The van der Waals surface area contributed by atoms with Crippen molar-refractivity contribution in [2.75, 3.05) is 6.26 Å². The highest BCUT2D eigenvalue weighted by Crippen LogP contribution is 2.26. The summed E-state index contributed by atoms with van der Waals surface area (Å²) in [7, 11) is 0. The summed E-state index contributed by atoms with van der Waals surface area (Å²) in [5.74, 6) is 0. The molecular weight excluding hydrogens is 242 g/mol. The maximum atomic E-state index is 4.26. The topological polar surface area (TPSA) is 30.7 Å². The number of hydrogen-bond acceptors (Lipinski definition) is 3. The van der Waals surface area contributed by atoms with Crippen molar-refractivity contribution in [3.8, 4) is 5.69 Å². The van der Waals surface area contributed by atoms with E-state index >= 15 is 0 Å². The van der Waals surface area contributed by atoms with Crippen LogP contribution in [0.4, 0.5) is 0 Å². The molecule has 0 atom stereocenters. The van der Waals surface area contributed by atoms with Crippen LogP contribution in [0.2, 0.25) is 0 Å². The molecular formula is C14H13N3S. The Labute approximate surface area is 110 Å². The summed E-state index contributed by atoms with van der Waals surface area (Å²) >= 11 is 1.75. The van der Waals surface area contributed by atoms with E-state index in [0.29, 0.717) is 0 Å². The van der Waals surface area contributed by atoms with Gasteiger partial charge in [0.1, 0.15) is 5.52 Å². The molecule has 0 aliphatic rings. The fourth-order valence-corrected chi connectivity index (χ4v) is 2.73.